The van der Waals surface area contributed by atoms with Gasteiger partial charge in [-0.25, -0.2) is 0 Å². The monoisotopic (exact) mass is 268 g/mol. The van der Waals surface area contributed by atoms with Crippen molar-refractivity contribution in [2.45, 2.75) is 83.3 Å². The molecule has 19 heavy (non-hydrogen) atoms. The maximum Gasteiger partial charge on any atom is 0.308 e. The second-order valence-corrected chi connectivity index (χ2v) is 6.53. The van der Waals surface area contributed by atoms with Gasteiger partial charge in [0, 0.05) is 0 Å². The molecule has 2 rings (SSSR count). The number of carbonyl (C=O) groups excluding carboxylic acids is 1. The minimum Gasteiger partial charge on any atom is -0.462 e. The van der Waals surface area contributed by atoms with Gasteiger partial charge in [0.1, 0.15) is 6.10 Å². The maximum absolute atomic E-state index is 11.8. The van der Waals surface area contributed by atoms with Crippen LogP contribution in [0.3, 0.4) is 0 Å². The van der Waals surface area contributed by atoms with Crippen LogP contribution in [0.25, 0.3) is 0 Å². The molecule has 3 nitrogen and oxygen atoms in total. The molecule has 1 atom stereocenters. The Hall–Kier alpha value is -0.570. The minimum atomic E-state index is -0.411. The molecule has 2 saturated carbocycles. The molecular weight excluding hydrogens is 240 g/mol. The van der Waals surface area contributed by atoms with E-state index >= 15 is 0 Å². The second kappa shape index (κ2) is 6.25. The quantitative estimate of drug-likeness (QED) is 0.794. The zero-order valence-electron chi connectivity index (χ0n) is 12.4. The summed E-state index contributed by atoms with van der Waals surface area (Å²) in [4.78, 5) is 11.8. The smallest absolute Gasteiger partial charge is 0.308 e. The van der Waals surface area contributed by atoms with Crippen molar-refractivity contribution < 1.29 is 14.6 Å². The molecule has 2 aliphatic carbocycles. The molecule has 110 valence electrons. The summed E-state index contributed by atoms with van der Waals surface area (Å²) in [6.45, 7) is 3.94. The zero-order chi connectivity index (χ0) is 13.9. The van der Waals surface area contributed by atoms with E-state index in [1.54, 1.807) is 0 Å². The van der Waals surface area contributed by atoms with Crippen molar-refractivity contribution in [2.24, 2.45) is 11.8 Å². The van der Waals surface area contributed by atoms with E-state index in [0.717, 1.165) is 44.9 Å². The van der Waals surface area contributed by atoms with Crippen LogP contribution in [0.4, 0.5) is 0 Å². The Morgan fingerprint density at radius 1 is 1.26 bits per heavy atom. The summed E-state index contributed by atoms with van der Waals surface area (Å²) >= 11 is 0. The lowest BCUT2D eigenvalue weighted by Gasteiger charge is -2.37. The van der Waals surface area contributed by atoms with Crippen LogP contribution in [0.15, 0.2) is 0 Å². The predicted octanol–water partition coefficient (Wildman–Crippen LogP) is 3.44. The van der Waals surface area contributed by atoms with Crippen LogP contribution in [-0.4, -0.2) is 22.8 Å². The van der Waals surface area contributed by atoms with Gasteiger partial charge in [-0.3, -0.25) is 4.79 Å². The SMILES string of the molecule is CCC(C)C(=O)OC1CCC(C2(O)CCCC2)CC1. The van der Waals surface area contributed by atoms with E-state index < -0.39 is 5.60 Å². The van der Waals surface area contributed by atoms with Gasteiger partial charge in [-0.2, -0.15) is 0 Å². The number of rotatable bonds is 4. The zero-order valence-corrected chi connectivity index (χ0v) is 12.4. The molecule has 0 aliphatic heterocycles. The first-order chi connectivity index (χ1) is 9.05. The van der Waals surface area contributed by atoms with Gasteiger partial charge in [0.05, 0.1) is 11.5 Å². The van der Waals surface area contributed by atoms with Crippen LogP contribution >= 0.6 is 0 Å². The van der Waals surface area contributed by atoms with Crippen molar-refractivity contribution in [2.75, 3.05) is 0 Å². The molecule has 0 saturated heterocycles. The van der Waals surface area contributed by atoms with Crippen LogP contribution < -0.4 is 0 Å². The van der Waals surface area contributed by atoms with E-state index in [4.69, 9.17) is 4.74 Å². The van der Waals surface area contributed by atoms with E-state index in [-0.39, 0.29) is 18.0 Å². The molecule has 1 unspecified atom stereocenters. The standard InChI is InChI=1S/C16H28O3/c1-3-12(2)15(17)19-14-8-6-13(7-9-14)16(18)10-4-5-11-16/h12-14,18H,3-11H2,1-2H3. The van der Waals surface area contributed by atoms with Gasteiger partial charge in [-0.1, -0.05) is 26.7 Å². The fraction of sp³-hybridized carbons (Fsp3) is 0.938. The molecule has 0 bridgehead atoms. The lowest BCUT2D eigenvalue weighted by Crippen LogP contribution is -2.39. The van der Waals surface area contributed by atoms with Crippen LogP contribution in [0.1, 0.15) is 71.6 Å². The summed E-state index contributed by atoms with van der Waals surface area (Å²) in [7, 11) is 0. The van der Waals surface area contributed by atoms with E-state index in [1.165, 1.54) is 12.8 Å². The third kappa shape index (κ3) is 3.50. The lowest BCUT2D eigenvalue weighted by molar-refractivity contribution is -0.156. The van der Waals surface area contributed by atoms with Gasteiger partial charge in [0.25, 0.3) is 0 Å². The van der Waals surface area contributed by atoms with Crippen molar-refractivity contribution in [1.82, 2.24) is 0 Å². The summed E-state index contributed by atoms with van der Waals surface area (Å²) in [5.41, 5.74) is -0.411. The van der Waals surface area contributed by atoms with E-state index in [2.05, 4.69) is 0 Å². The van der Waals surface area contributed by atoms with Crippen molar-refractivity contribution in [3.8, 4) is 0 Å². The number of hydrogen-bond acceptors (Lipinski definition) is 3. The van der Waals surface area contributed by atoms with Crippen LogP contribution in [-0.2, 0) is 9.53 Å². The number of aliphatic hydroxyl groups is 1. The molecule has 0 spiro atoms. The van der Waals surface area contributed by atoms with E-state index in [9.17, 15) is 9.90 Å². The number of hydrogen-bond donors (Lipinski definition) is 1. The Bertz CT molecular complexity index is 299. The average molecular weight is 268 g/mol. The molecule has 3 heteroatoms. The van der Waals surface area contributed by atoms with Gasteiger partial charge in [-0.15, -0.1) is 0 Å². The molecule has 0 amide bonds. The third-order valence-electron chi connectivity index (χ3n) is 5.20. The van der Waals surface area contributed by atoms with Crippen molar-refractivity contribution in [3.05, 3.63) is 0 Å². The molecule has 2 fully saturated rings. The first-order valence-electron chi connectivity index (χ1n) is 7.98. The van der Waals surface area contributed by atoms with Gasteiger partial charge < -0.3 is 9.84 Å². The van der Waals surface area contributed by atoms with Crippen LogP contribution in [0.5, 0.6) is 0 Å². The summed E-state index contributed by atoms with van der Waals surface area (Å²) < 4.78 is 5.57. The Morgan fingerprint density at radius 2 is 1.84 bits per heavy atom. The fourth-order valence-corrected chi connectivity index (χ4v) is 3.56. The first kappa shape index (κ1) is 14.8. The molecule has 0 aromatic carbocycles. The van der Waals surface area contributed by atoms with Gasteiger partial charge in [0.2, 0.25) is 0 Å². The highest BCUT2D eigenvalue weighted by Crippen LogP contribution is 2.43. The van der Waals surface area contributed by atoms with Crippen molar-refractivity contribution in [1.29, 1.82) is 0 Å². The third-order valence-corrected chi connectivity index (χ3v) is 5.20. The topological polar surface area (TPSA) is 46.5 Å². The maximum atomic E-state index is 11.8. The van der Waals surface area contributed by atoms with E-state index in [1.807, 2.05) is 13.8 Å². The van der Waals surface area contributed by atoms with Gasteiger partial charge in [-0.05, 0) is 50.9 Å². The minimum absolute atomic E-state index is 0.0109. The summed E-state index contributed by atoms with van der Waals surface area (Å²) in [6.07, 6.45) is 9.06. The highest BCUT2D eigenvalue weighted by atomic mass is 16.5. The second-order valence-electron chi connectivity index (χ2n) is 6.53. The fourth-order valence-electron chi connectivity index (χ4n) is 3.56. The molecule has 0 aromatic heterocycles. The lowest BCUT2D eigenvalue weighted by atomic mass is 9.75. The van der Waals surface area contributed by atoms with Gasteiger partial charge >= 0.3 is 5.97 Å². The van der Waals surface area contributed by atoms with Crippen molar-refractivity contribution in [3.63, 3.8) is 0 Å². The molecule has 0 radical (unpaired) electrons. The summed E-state index contributed by atoms with van der Waals surface area (Å²) in [6, 6.07) is 0. The normalized spacial score (nSPS) is 31.9. The Morgan fingerprint density at radius 3 is 2.37 bits per heavy atom. The highest BCUT2D eigenvalue weighted by molar-refractivity contribution is 5.72. The molecule has 2 aliphatic rings. The van der Waals surface area contributed by atoms with Crippen molar-refractivity contribution >= 4 is 5.97 Å². The average Bonchev–Trinajstić information content (AvgIpc) is 2.86. The van der Waals surface area contributed by atoms with Gasteiger partial charge in [0.15, 0.2) is 0 Å². The summed E-state index contributed by atoms with van der Waals surface area (Å²) in [5, 5.41) is 10.6. The first-order valence-corrected chi connectivity index (χ1v) is 7.98. The number of ether oxygens (including phenoxy) is 1. The molecule has 0 heterocycles. The summed E-state index contributed by atoms with van der Waals surface area (Å²) in [5.74, 6) is 0.385. The highest BCUT2D eigenvalue weighted by Gasteiger charge is 2.41. The van der Waals surface area contributed by atoms with E-state index in [0.29, 0.717) is 5.92 Å². The Labute approximate surface area is 116 Å². The predicted molar refractivity (Wildman–Crippen MR) is 74.7 cm³/mol. The molecule has 0 aromatic rings. The van der Waals surface area contributed by atoms with Crippen LogP contribution in [0, 0.1) is 11.8 Å². The Balaban J connectivity index is 1.78. The van der Waals surface area contributed by atoms with Crippen LogP contribution in [0.2, 0.25) is 0 Å². The molecule has 1 N–H and O–H groups in total. The number of esters is 1. The largest absolute Gasteiger partial charge is 0.462 e. The Kier molecular flexibility index (Phi) is 4.88. The number of carbonyl (C=O) groups is 1. The molecular formula is C16H28O3.